The summed E-state index contributed by atoms with van der Waals surface area (Å²) in [4.78, 5) is 4.86. The minimum absolute atomic E-state index is 0.253. The lowest BCUT2D eigenvalue weighted by molar-refractivity contribution is 0.602. The van der Waals surface area contributed by atoms with Crippen LogP contribution in [0, 0.1) is 27.7 Å². The first-order valence-electron chi connectivity index (χ1n) is 20.7. The summed E-state index contributed by atoms with van der Waals surface area (Å²) in [6.45, 7) is 18.6. The maximum absolute atomic E-state index is 2.48. The predicted octanol–water partition coefficient (Wildman–Crippen LogP) is 15.6. The van der Waals surface area contributed by atoms with E-state index in [2.05, 4.69) is 223 Å². The van der Waals surface area contributed by atoms with Crippen molar-refractivity contribution >= 4 is 44.9 Å². The molecule has 0 radical (unpaired) electrons. The molecule has 284 valence electrons. The number of nitrogens with zero attached hydrogens (tertiary/aromatic N) is 2. The molecule has 58 heavy (non-hydrogen) atoms. The first-order valence-corrected chi connectivity index (χ1v) is 20.7. The lowest BCUT2D eigenvalue weighted by atomic mass is 9.71. The van der Waals surface area contributed by atoms with E-state index in [0.29, 0.717) is 0 Å². The third-order valence-electron chi connectivity index (χ3n) is 12.8. The Morgan fingerprint density at radius 1 is 0.328 bits per heavy atom. The quantitative estimate of drug-likeness (QED) is 0.167. The number of rotatable bonds is 6. The van der Waals surface area contributed by atoms with E-state index in [0.717, 1.165) is 11.4 Å². The largest absolute Gasteiger partial charge is 0.310 e. The molecule has 0 aromatic heterocycles. The van der Waals surface area contributed by atoms with Crippen LogP contribution in [0.2, 0.25) is 0 Å². The Kier molecular flexibility index (Phi) is 8.12. The third-order valence-corrected chi connectivity index (χ3v) is 12.8. The van der Waals surface area contributed by atoms with E-state index < -0.39 is 0 Å². The van der Waals surface area contributed by atoms with Gasteiger partial charge in [-0.3, -0.25) is 0 Å². The van der Waals surface area contributed by atoms with Gasteiger partial charge in [-0.1, -0.05) is 113 Å². The van der Waals surface area contributed by atoms with Gasteiger partial charge in [0.15, 0.2) is 0 Å². The van der Waals surface area contributed by atoms with E-state index in [9.17, 15) is 0 Å². The summed E-state index contributed by atoms with van der Waals surface area (Å²) in [6.07, 6.45) is 0. The van der Waals surface area contributed by atoms with Crippen molar-refractivity contribution < 1.29 is 0 Å². The predicted molar refractivity (Wildman–Crippen MR) is 247 cm³/mol. The van der Waals surface area contributed by atoms with Crippen LogP contribution in [0.3, 0.4) is 0 Å². The Morgan fingerprint density at radius 3 is 1.03 bits per heavy atom. The van der Waals surface area contributed by atoms with Crippen molar-refractivity contribution in [2.24, 2.45) is 0 Å². The monoisotopic (exact) mass is 750 g/mol. The highest BCUT2D eigenvalue weighted by Gasteiger charge is 2.47. The summed E-state index contributed by atoms with van der Waals surface area (Å²) in [5, 5.41) is 2.66. The molecule has 0 unspecified atom stereocenters. The zero-order chi connectivity index (χ0) is 40.1. The Morgan fingerprint density at radius 2 is 0.672 bits per heavy atom. The maximum atomic E-state index is 2.48. The standard InChI is InChI=1S/C56H50N2/c1-35-27-36(2)30-43(29-35)57(39-17-11-9-12-18-39)41-23-25-47-49(33-41)55(5,6)53-51(47)45-21-15-16-22-46(45)52-48-26-24-42(34-50(48)56(7,8)54(52)53)58(40-19-13-10-14-20-40)44-31-37(3)28-38(4)32-44/h9-34H,1-8H3. The average molecular weight is 751 g/mol. The maximum Gasteiger partial charge on any atom is 0.0466 e. The van der Waals surface area contributed by atoms with Gasteiger partial charge < -0.3 is 9.80 Å². The Hall–Kier alpha value is -6.38. The first kappa shape index (κ1) is 36.0. The molecule has 0 saturated carbocycles. The Balaban J connectivity index is 1.18. The van der Waals surface area contributed by atoms with Gasteiger partial charge >= 0.3 is 0 Å². The van der Waals surface area contributed by atoms with Crippen LogP contribution >= 0.6 is 0 Å². The molecule has 0 fully saturated rings. The topological polar surface area (TPSA) is 6.48 Å². The minimum atomic E-state index is -0.253. The van der Waals surface area contributed by atoms with Gasteiger partial charge in [0.2, 0.25) is 0 Å². The molecule has 8 aromatic rings. The Labute approximate surface area is 344 Å². The zero-order valence-corrected chi connectivity index (χ0v) is 34.9. The summed E-state index contributed by atoms with van der Waals surface area (Å²) >= 11 is 0. The van der Waals surface area contributed by atoms with Crippen molar-refractivity contribution in [1.29, 1.82) is 0 Å². The zero-order valence-electron chi connectivity index (χ0n) is 34.9. The lowest BCUT2D eigenvalue weighted by Gasteiger charge is -2.32. The van der Waals surface area contributed by atoms with Crippen molar-refractivity contribution in [2.45, 2.75) is 66.2 Å². The van der Waals surface area contributed by atoms with Crippen molar-refractivity contribution in [2.75, 3.05) is 9.80 Å². The van der Waals surface area contributed by atoms with Crippen LogP contribution in [0.5, 0.6) is 0 Å². The molecule has 2 heteroatoms. The van der Waals surface area contributed by atoms with Crippen molar-refractivity contribution in [3.63, 3.8) is 0 Å². The molecule has 0 atom stereocenters. The molecule has 0 saturated heterocycles. The lowest BCUT2D eigenvalue weighted by Crippen LogP contribution is -2.24. The summed E-state index contributed by atoms with van der Waals surface area (Å²) in [5.74, 6) is 0. The fourth-order valence-corrected chi connectivity index (χ4v) is 10.5. The number of para-hydroxylation sites is 2. The fraction of sp³-hybridized carbons (Fsp3) is 0.179. The molecule has 10 rings (SSSR count). The average Bonchev–Trinajstić information content (AvgIpc) is 3.57. The molecule has 2 aliphatic rings. The number of hydrogen-bond donors (Lipinski definition) is 0. The molecule has 0 heterocycles. The summed E-state index contributed by atoms with van der Waals surface area (Å²) in [7, 11) is 0. The van der Waals surface area contributed by atoms with E-state index in [1.807, 2.05) is 0 Å². The number of benzene rings is 8. The van der Waals surface area contributed by atoms with Crippen LogP contribution in [0.25, 0.3) is 33.0 Å². The van der Waals surface area contributed by atoms with E-state index >= 15 is 0 Å². The van der Waals surface area contributed by atoms with Crippen molar-refractivity contribution in [1.82, 2.24) is 0 Å². The van der Waals surface area contributed by atoms with Gasteiger partial charge in [0.25, 0.3) is 0 Å². The van der Waals surface area contributed by atoms with Crippen LogP contribution in [-0.4, -0.2) is 0 Å². The minimum Gasteiger partial charge on any atom is -0.310 e. The van der Waals surface area contributed by atoms with Crippen LogP contribution in [0.4, 0.5) is 34.1 Å². The molecule has 0 spiro atoms. The van der Waals surface area contributed by atoms with Crippen molar-refractivity contribution in [3.8, 4) is 22.3 Å². The molecule has 0 amide bonds. The number of aryl methyl sites for hydroxylation is 4. The highest BCUT2D eigenvalue weighted by Crippen LogP contribution is 2.63. The van der Waals surface area contributed by atoms with Gasteiger partial charge in [-0.2, -0.15) is 0 Å². The van der Waals surface area contributed by atoms with E-state index in [1.54, 1.807) is 0 Å². The van der Waals surface area contributed by atoms with Crippen LogP contribution < -0.4 is 9.80 Å². The first-order chi connectivity index (χ1) is 27.9. The summed E-state index contributed by atoms with van der Waals surface area (Å²) < 4.78 is 0. The molecular formula is C56H50N2. The smallest absolute Gasteiger partial charge is 0.0466 e. The summed E-state index contributed by atoms with van der Waals surface area (Å²) in [5.41, 5.74) is 22.7. The van der Waals surface area contributed by atoms with Gasteiger partial charge in [-0.25, -0.2) is 0 Å². The highest BCUT2D eigenvalue weighted by molar-refractivity contribution is 6.13. The molecule has 0 bridgehead atoms. The Bertz CT molecular complexity index is 2690. The van der Waals surface area contributed by atoms with Crippen molar-refractivity contribution in [3.05, 3.63) is 202 Å². The van der Waals surface area contributed by atoms with E-state index in [-0.39, 0.29) is 10.8 Å². The second-order valence-corrected chi connectivity index (χ2v) is 17.8. The van der Waals surface area contributed by atoms with Crippen LogP contribution in [-0.2, 0) is 10.8 Å². The number of fused-ring (bicyclic) bond motifs is 10. The molecule has 2 aliphatic carbocycles. The molecule has 0 aliphatic heterocycles. The van der Waals surface area contributed by atoms with E-state index in [1.165, 1.54) is 100 Å². The third kappa shape index (κ3) is 5.46. The van der Waals surface area contributed by atoms with Gasteiger partial charge in [0.05, 0.1) is 0 Å². The number of hydrogen-bond acceptors (Lipinski definition) is 2. The second kappa shape index (κ2) is 13.1. The molecule has 8 aromatic carbocycles. The van der Waals surface area contributed by atoms with Gasteiger partial charge in [0, 0.05) is 45.0 Å². The molecule has 0 N–H and O–H groups in total. The molecular weight excluding hydrogens is 701 g/mol. The second-order valence-electron chi connectivity index (χ2n) is 17.8. The fourth-order valence-electron chi connectivity index (χ4n) is 10.5. The van der Waals surface area contributed by atoms with Gasteiger partial charge in [-0.15, -0.1) is 0 Å². The SMILES string of the molecule is Cc1cc(C)cc(N(c2ccccc2)c2ccc3c(c2)C(C)(C)c2c4c(c5ccccc5c2-3)-c2ccc(N(c3ccccc3)c3cc(C)cc(C)c3)cc2C4(C)C)c1. The van der Waals surface area contributed by atoms with Gasteiger partial charge in [-0.05, 0) is 178 Å². The summed E-state index contributed by atoms with van der Waals surface area (Å²) in [6, 6.07) is 59.0. The van der Waals surface area contributed by atoms with Crippen LogP contribution in [0.1, 0.15) is 72.2 Å². The van der Waals surface area contributed by atoms with E-state index in [4.69, 9.17) is 0 Å². The molecule has 2 nitrogen and oxygen atoms in total. The number of anilines is 6. The van der Waals surface area contributed by atoms with Gasteiger partial charge in [0.1, 0.15) is 0 Å². The van der Waals surface area contributed by atoms with Crippen LogP contribution in [0.15, 0.2) is 158 Å². The normalized spacial score (nSPS) is 14.1. The highest BCUT2D eigenvalue weighted by atomic mass is 15.1.